The van der Waals surface area contributed by atoms with Gasteiger partial charge in [0.1, 0.15) is 0 Å². The number of rotatable bonds is 3. The first-order chi connectivity index (χ1) is 7.12. The van der Waals surface area contributed by atoms with Crippen LogP contribution in [0.25, 0.3) is 0 Å². The number of halogens is 1. The second kappa shape index (κ2) is 5.64. The Balaban J connectivity index is 0.00000128. The van der Waals surface area contributed by atoms with E-state index in [0.717, 1.165) is 12.8 Å². The third-order valence-electron chi connectivity index (χ3n) is 3.15. The Labute approximate surface area is 104 Å². The van der Waals surface area contributed by atoms with Gasteiger partial charge in [0.15, 0.2) is 0 Å². The summed E-state index contributed by atoms with van der Waals surface area (Å²) in [5.74, 6) is 0. The lowest BCUT2D eigenvalue weighted by Gasteiger charge is -2.23. The lowest BCUT2D eigenvalue weighted by atomic mass is 10.1. The molecule has 2 bridgehead atoms. The maximum Gasteiger partial charge on any atom is 0.279 e. The predicted octanol–water partition coefficient (Wildman–Crippen LogP) is 0.0888. The first-order valence-electron chi connectivity index (χ1n) is 5.62. The van der Waals surface area contributed by atoms with Crippen molar-refractivity contribution in [3.05, 3.63) is 0 Å². The molecule has 7 heteroatoms. The van der Waals surface area contributed by atoms with Gasteiger partial charge in [-0.05, 0) is 19.3 Å². The number of nitrogens with one attached hydrogen (secondary N) is 2. The van der Waals surface area contributed by atoms with E-state index in [1.165, 1.54) is 6.42 Å². The average molecular weight is 270 g/mol. The zero-order valence-corrected chi connectivity index (χ0v) is 11.1. The molecule has 2 unspecified atom stereocenters. The molecule has 96 valence electrons. The van der Waals surface area contributed by atoms with Crippen LogP contribution in [-0.4, -0.2) is 44.4 Å². The number of hydrogen-bond acceptors (Lipinski definition) is 3. The standard InChI is InChI=1S/C9H19N3O2S.ClH/c1-2-10-15(13,14)12-6-5-8-3-4-9(7-12)11-8;/h8-11H,2-7H2,1H3;1H. The Kier molecular flexibility index (Phi) is 5.00. The topological polar surface area (TPSA) is 61.4 Å². The molecule has 2 N–H and O–H groups in total. The number of nitrogens with zero attached hydrogens (tertiary/aromatic N) is 1. The zero-order valence-electron chi connectivity index (χ0n) is 9.48. The van der Waals surface area contributed by atoms with Gasteiger partial charge in [0.05, 0.1) is 0 Å². The lowest BCUT2D eigenvalue weighted by Crippen LogP contribution is -2.44. The fraction of sp³-hybridized carbons (Fsp3) is 1.00. The maximum atomic E-state index is 11.8. The Bertz CT molecular complexity index is 323. The van der Waals surface area contributed by atoms with Crippen molar-refractivity contribution in [2.45, 2.75) is 38.3 Å². The lowest BCUT2D eigenvalue weighted by molar-refractivity contribution is 0.378. The highest BCUT2D eigenvalue weighted by molar-refractivity contribution is 7.87. The summed E-state index contributed by atoms with van der Waals surface area (Å²) >= 11 is 0. The summed E-state index contributed by atoms with van der Waals surface area (Å²) in [7, 11) is -3.24. The summed E-state index contributed by atoms with van der Waals surface area (Å²) in [4.78, 5) is 0. The minimum absolute atomic E-state index is 0. The van der Waals surface area contributed by atoms with Crippen molar-refractivity contribution >= 4 is 22.6 Å². The second-order valence-corrected chi connectivity index (χ2v) is 6.04. The van der Waals surface area contributed by atoms with Crippen molar-refractivity contribution in [1.29, 1.82) is 0 Å². The van der Waals surface area contributed by atoms with Crippen molar-refractivity contribution in [2.24, 2.45) is 0 Å². The van der Waals surface area contributed by atoms with Crippen LogP contribution in [0.1, 0.15) is 26.2 Å². The van der Waals surface area contributed by atoms with Crippen LogP contribution in [0.4, 0.5) is 0 Å². The van der Waals surface area contributed by atoms with E-state index in [2.05, 4.69) is 10.0 Å². The molecule has 2 heterocycles. The molecule has 16 heavy (non-hydrogen) atoms. The van der Waals surface area contributed by atoms with Crippen molar-refractivity contribution in [1.82, 2.24) is 14.3 Å². The van der Waals surface area contributed by atoms with Gasteiger partial charge in [0, 0.05) is 31.7 Å². The molecule has 2 aliphatic rings. The van der Waals surface area contributed by atoms with Gasteiger partial charge >= 0.3 is 0 Å². The first kappa shape index (κ1) is 14.2. The van der Waals surface area contributed by atoms with Crippen molar-refractivity contribution in [3.63, 3.8) is 0 Å². The van der Waals surface area contributed by atoms with E-state index in [4.69, 9.17) is 0 Å². The Morgan fingerprint density at radius 2 is 2.00 bits per heavy atom. The van der Waals surface area contributed by atoms with E-state index in [1.54, 1.807) is 11.2 Å². The summed E-state index contributed by atoms with van der Waals surface area (Å²) in [5.41, 5.74) is 0. The third kappa shape index (κ3) is 3.07. The van der Waals surface area contributed by atoms with Gasteiger partial charge < -0.3 is 5.32 Å². The molecule has 0 aliphatic carbocycles. The molecule has 0 spiro atoms. The van der Waals surface area contributed by atoms with Crippen LogP contribution >= 0.6 is 12.4 Å². The van der Waals surface area contributed by atoms with Crippen molar-refractivity contribution in [3.8, 4) is 0 Å². The molecule has 5 nitrogen and oxygen atoms in total. The number of fused-ring (bicyclic) bond motifs is 2. The molecule has 2 saturated heterocycles. The van der Waals surface area contributed by atoms with E-state index in [1.807, 2.05) is 0 Å². The van der Waals surface area contributed by atoms with Gasteiger partial charge in [0.2, 0.25) is 0 Å². The van der Waals surface area contributed by atoms with Crippen molar-refractivity contribution < 1.29 is 8.42 Å². The van der Waals surface area contributed by atoms with Crippen LogP contribution in [-0.2, 0) is 10.2 Å². The fourth-order valence-electron chi connectivity index (χ4n) is 2.40. The molecule has 2 rings (SSSR count). The maximum absolute atomic E-state index is 11.8. The first-order valence-corrected chi connectivity index (χ1v) is 7.06. The molecule has 2 atom stereocenters. The van der Waals surface area contributed by atoms with E-state index < -0.39 is 10.2 Å². The van der Waals surface area contributed by atoms with Gasteiger partial charge in [-0.2, -0.15) is 12.7 Å². The van der Waals surface area contributed by atoms with E-state index in [-0.39, 0.29) is 12.4 Å². The molecule has 0 radical (unpaired) electrons. The molecule has 2 aliphatic heterocycles. The second-order valence-electron chi connectivity index (χ2n) is 4.29. The highest BCUT2D eigenvalue weighted by Gasteiger charge is 2.33. The molecular formula is C9H20ClN3O2S. The Morgan fingerprint density at radius 1 is 1.31 bits per heavy atom. The van der Waals surface area contributed by atoms with Gasteiger partial charge in [-0.1, -0.05) is 6.92 Å². The SMILES string of the molecule is CCNS(=O)(=O)N1CCC2CCC(C1)N2.Cl. The van der Waals surface area contributed by atoms with Crippen LogP contribution in [0.5, 0.6) is 0 Å². The van der Waals surface area contributed by atoms with Crippen LogP contribution in [0.2, 0.25) is 0 Å². The molecule has 0 aromatic heterocycles. The van der Waals surface area contributed by atoms with Gasteiger partial charge in [-0.15, -0.1) is 12.4 Å². The molecule has 0 saturated carbocycles. The molecule has 0 aromatic rings. The summed E-state index contributed by atoms with van der Waals surface area (Å²) < 4.78 is 27.7. The summed E-state index contributed by atoms with van der Waals surface area (Å²) in [6.45, 7) is 3.52. The van der Waals surface area contributed by atoms with E-state index in [9.17, 15) is 8.42 Å². The normalized spacial score (nSPS) is 30.8. The quantitative estimate of drug-likeness (QED) is 0.763. The van der Waals surface area contributed by atoms with Crippen LogP contribution in [0.15, 0.2) is 0 Å². The zero-order chi connectivity index (χ0) is 10.9. The molecule has 0 aromatic carbocycles. The van der Waals surface area contributed by atoms with E-state index in [0.29, 0.717) is 31.7 Å². The highest BCUT2D eigenvalue weighted by Crippen LogP contribution is 2.21. The molecule has 2 fully saturated rings. The number of hydrogen-bond donors (Lipinski definition) is 2. The average Bonchev–Trinajstić information content (AvgIpc) is 2.44. The minimum atomic E-state index is -3.24. The van der Waals surface area contributed by atoms with Crippen LogP contribution in [0.3, 0.4) is 0 Å². The van der Waals surface area contributed by atoms with Gasteiger partial charge in [0.25, 0.3) is 10.2 Å². The third-order valence-corrected chi connectivity index (χ3v) is 4.82. The molecule has 0 amide bonds. The minimum Gasteiger partial charge on any atom is -0.310 e. The smallest absolute Gasteiger partial charge is 0.279 e. The fourth-order valence-corrected chi connectivity index (χ4v) is 3.67. The van der Waals surface area contributed by atoms with Crippen molar-refractivity contribution in [2.75, 3.05) is 19.6 Å². The molecular weight excluding hydrogens is 250 g/mol. The van der Waals surface area contributed by atoms with Crippen LogP contribution in [0, 0.1) is 0 Å². The summed E-state index contributed by atoms with van der Waals surface area (Å²) in [6.07, 6.45) is 3.23. The van der Waals surface area contributed by atoms with Crippen LogP contribution < -0.4 is 10.0 Å². The predicted molar refractivity (Wildman–Crippen MR) is 66.0 cm³/mol. The monoisotopic (exact) mass is 269 g/mol. The van der Waals surface area contributed by atoms with E-state index >= 15 is 0 Å². The van der Waals surface area contributed by atoms with Gasteiger partial charge in [-0.3, -0.25) is 0 Å². The largest absolute Gasteiger partial charge is 0.310 e. The Morgan fingerprint density at radius 3 is 2.69 bits per heavy atom. The van der Waals surface area contributed by atoms with Gasteiger partial charge in [-0.25, -0.2) is 4.72 Å². The highest BCUT2D eigenvalue weighted by atomic mass is 35.5. The summed E-state index contributed by atoms with van der Waals surface area (Å²) in [5, 5.41) is 3.46. The summed E-state index contributed by atoms with van der Waals surface area (Å²) in [6, 6.07) is 0.878. The Hall–Kier alpha value is 0.120.